The molecule has 0 amide bonds. The molecular weight excluding hydrogens is 178 g/mol. The molecule has 0 saturated heterocycles. The van der Waals surface area contributed by atoms with Crippen molar-refractivity contribution >= 4 is 5.97 Å². The molecule has 1 N–H and O–H groups in total. The second-order valence-electron chi connectivity index (χ2n) is 3.72. The number of hydrogen-bond donors (Lipinski definition) is 1. The molecular formula is C11H15NO2. The summed E-state index contributed by atoms with van der Waals surface area (Å²) in [6.45, 7) is 2.28. The molecule has 1 heterocycles. The molecule has 0 atom stereocenters. The number of aromatic amines is 1. The number of carbonyl (C=O) groups excluding carboxylic acids is 1. The fourth-order valence-corrected chi connectivity index (χ4v) is 1.57. The van der Waals surface area contributed by atoms with E-state index in [-0.39, 0.29) is 5.97 Å². The zero-order chi connectivity index (χ0) is 9.97. The quantitative estimate of drug-likeness (QED) is 0.743. The molecule has 1 fully saturated rings. The minimum Gasteiger partial charge on any atom is -0.466 e. The van der Waals surface area contributed by atoms with Crippen LogP contribution < -0.4 is 0 Å². The topological polar surface area (TPSA) is 42.1 Å². The number of hydrogen-bond acceptors (Lipinski definition) is 2. The van der Waals surface area contributed by atoms with E-state index >= 15 is 0 Å². The number of ether oxygens (including phenoxy) is 1. The zero-order valence-corrected chi connectivity index (χ0v) is 8.38. The van der Waals surface area contributed by atoms with Gasteiger partial charge in [-0.1, -0.05) is 0 Å². The van der Waals surface area contributed by atoms with Crippen LogP contribution in [-0.2, 0) is 16.0 Å². The summed E-state index contributed by atoms with van der Waals surface area (Å²) in [6, 6.07) is 2.08. The minimum atomic E-state index is -0.145. The van der Waals surface area contributed by atoms with Gasteiger partial charge in [0, 0.05) is 11.9 Å². The Morgan fingerprint density at radius 3 is 3.07 bits per heavy atom. The van der Waals surface area contributed by atoms with Gasteiger partial charge in [-0.05, 0) is 37.3 Å². The highest BCUT2D eigenvalue weighted by atomic mass is 16.5. The molecule has 0 spiro atoms. The van der Waals surface area contributed by atoms with Crippen LogP contribution >= 0.6 is 0 Å². The van der Waals surface area contributed by atoms with E-state index in [9.17, 15) is 4.79 Å². The van der Waals surface area contributed by atoms with Gasteiger partial charge >= 0.3 is 5.97 Å². The first kappa shape index (κ1) is 9.31. The van der Waals surface area contributed by atoms with E-state index in [1.54, 1.807) is 0 Å². The van der Waals surface area contributed by atoms with Gasteiger partial charge in [-0.25, -0.2) is 0 Å². The van der Waals surface area contributed by atoms with Gasteiger partial charge in [0.05, 0.1) is 13.0 Å². The largest absolute Gasteiger partial charge is 0.466 e. The van der Waals surface area contributed by atoms with E-state index in [0.29, 0.717) is 18.9 Å². The molecule has 1 aromatic heterocycles. The van der Waals surface area contributed by atoms with Crippen LogP contribution in [0.15, 0.2) is 12.3 Å². The fourth-order valence-electron chi connectivity index (χ4n) is 1.57. The van der Waals surface area contributed by atoms with E-state index in [2.05, 4.69) is 11.1 Å². The maximum atomic E-state index is 11.2. The number of nitrogens with one attached hydrogen (secondary N) is 1. The lowest BCUT2D eigenvalue weighted by Crippen LogP contribution is -2.06. The molecule has 0 unspecified atom stereocenters. The van der Waals surface area contributed by atoms with Gasteiger partial charge in [0.25, 0.3) is 0 Å². The average Bonchev–Trinajstić information content (AvgIpc) is 2.89. The molecule has 0 aliphatic heterocycles. The fraction of sp³-hybridized carbons (Fsp3) is 0.545. The summed E-state index contributed by atoms with van der Waals surface area (Å²) in [6.07, 6.45) is 4.85. The first-order valence-electron chi connectivity index (χ1n) is 5.12. The standard InChI is InChI=1S/C11H15NO2/c1-2-14-11(13)6-8-5-10(12-7-8)9-3-4-9/h5,7,9,12H,2-4,6H2,1H3. The van der Waals surface area contributed by atoms with E-state index in [1.165, 1.54) is 18.5 Å². The van der Waals surface area contributed by atoms with Crippen molar-refractivity contribution in [1.82, 2.24) is 4.98 Å². The highest BCUT2D eigenvalue weighted by Crippen LogP contribution is 2.39. The van der Waals surface area contributed by atoms with Gasteiger partial charge in [-0.2, -0.15) is 0 Å². The lowest BCUT2D eigenvalue weighted by molar-refractivity contribution is -0.142. The van der Waals surface area contributed by atoms with Crippen molar-refractivity contribution in [2.45, 2.75) is 32.1 Å². The first-order chi connectivity index (χ1) is 6.79. The molecule has 3 heteroatoms. The minimum absolute atomic E-state index is 0.145. The smallest absolute Gasteiger partial charge is 0.310 e. The van der Waals surface area contributed by atoms with Crippen LogP contribution in [0.25, 0.3) is 0 Å². The normalized spacial score (nSPS) is 15.5. The van der Waals surface area contributed by atoms with Crippen molar-refractivity contribution in [3.05, 3.63) is 23.5 Å². The summed E-state index contributed by atoms with van der Waals surface area (Å²) in [4.78, 5) is 14.4. The zero-order valence-electron chi connectivity index (χ0n) is 8.38. The van der Waals surface area contributed by atoms with Crippen LogP contribution in [-0.4, -0.2) is 17.6 Å². The van der Waals surface area contributed by atoms with Crippen LogP contribution in [0.1, 0.15) is 36.9 Å². The van der Waals surface area contributed by atoms with E-state index < -0.39 is 0 Å². The third-order valence-corrected chi connectivity index (χ3v) is 2.44. The van der Waals surface area contributed by atoms with Crippen molar-refractivity contribution in [2.75, 3.05) is 6.61 Å². The van der Waals surface area contributed by atoms with Gasteiger partial charge < -0.3 is 9.72 Å². The summed E-state index contributed by atoms with van der Waals surface area (Å²) in [5.41, 5.74) is 2.30. The maximum absolute atomic E-state index is 11.2. The molecule has 0 aromatic carbocycles. The predicted octanol–water partition coefficient (Wildman–Crippen LogP) is 2.00. The number of aromatic nitrogens is 1. The Kier molecular flexibility index (Phi) is 2.57. The highest BCUT2D eigenvalue weighted by molar-refractivity contribution is 5.72. The average molecular weight is 193 g/mol. The van der Waals surface area contributed by atoms with Crippen LogP contribution in [0, 0.1) is 0 Å². The summed E-state index contributed by atoms with van der Waals surface area (Å²) < 4.78 is 4.88. The molecule has 2 rings (SSSR count). The molecule has 1 saturated carbocycles. The Morgan fingerprint density at radius 2 is 2.43 bits per heavy atom. The Morgan fingerprint density at radius 1 is 1.64 bits per heavy atom. The summed E-state index contributed by atoms with van der Waals surface area (Å²) in [5.74, 6) is 0.569. The molecule has 1 aromatic rings. The van der Waals surface area contributed by atoms with Crippen LogP contribution in [0.5, 0.6) is 0 Å². The van der Waals surface area contributed by atoms with Crippen molar-refractivity contribution in [3.63, 3.8) is 0 Å². The van der Waals surface area contributed by atoms with Gasteiger partial charge in [0.2, 0.25) is 0 Å². The van der Waals surface area contributed by atoms with E-state index in [1.807, 2.05) is 13.1 Å². The third-order valence-electron chi connectivity index (χ3n) is 2.44. The molecule has 0 radical (unpaired) electrons. The van der Waals surface area contributed by atoms with Gasteiger partial charge in [0.15, 0.2) is 0 Å². The van der Waals surface area contributed by atoms with Crippen LogP contribution in [0.3, 0.4) is 0 Å². The first-order valence-corrected chi connectivity index (χ1v) is 5.12. The Hall–Kier alpha value is -1.25. The van der Waals surface area contributed by atoms with E-state index in [0.717, 1.165) is 5.56 Å². The number of carbonyl (C=O) groups is 1. The Balaban J connectivity index is 1.92. The maximum Gasteiger partial charge on any atom is 0.310 e. The third kappa shape index (κ3) is 2.16. The molecule has 1 aliphatic rings. The second kappa shape index (κ2) is 3.86. The molecule has 1 aliphatic carbocycles. The van der Waals surface area contributed by atoms with Crippen molar-refractivity contribution in [3.8, 4) is 0 Å². The lowest BCUT2D eigenvalue weighted by Gasteiger charge is -1.98. The van der Waals surface area contributed by atoms with Gasteiger partial charge in [-0.3, -0.25) is 4.79 Å². The van der Waals surface area contributed by atoms with Crippen molar-refractivity contribution in [1.29, 1.82) is 0 Å². The molecule has 14 heavy (non-hydrogen) atoms. The molecule has 3 nitrogen and oxygen atoms in total. The molecule has 76 valence electrons. The summed E-state index contributed by atoms with van der Waals surface area (Å²) in [5, 5.41) is 0. The van der Waals surface area contributed by atoms with Crippen LogP contribution in [0.4, 0.5) is 0 Å². The Labute approximate surface area is 83.5 Å². The van der Waals surface area contributed by atoms with Crippen molar-refractivity contribution in [2.24, 2.45) is 0 Å². The number of H-pyrrole nitrogens is 1. The number of esters is 1. The van der Waals surface area contributed by atoms with Crippen LogP contribution in [0.2, 0.25) is 0 Å². The van der Waals surface area contributed by atoms with Gasteiger partial charge in [0.1, 0.15) is 0 Å². The summed E-state index contributed by atoms with van der Waals surface area (Å²) >= 11 is 0. The Bertz CT molecular complexity index is 326. The number of rotatable bonds is 4. The lowest BCUT2D eigenvalue weighted by atomic mass is 10.2. The van der Waals surface area contributed by atoms with E-state index in [4.69, 9.17) is 4.74 Å². The summed E-state index contributed by atoms with van der Waals surface area (Å²) in [7, 11) is 0. The second-order valence-corrected chi connectivity index (χ2v) is 3.72. The molecule has 0 bridgehead atoms. The monoisotopic (exact) mass is 193 g/mol. The van der Waals surface area contributed by atoms with Crippen molar-refractivity contribution < 1.29 is 9.53 Å². The predicted molar refractivity (Wildman–Crippen MR) is 53.1 cm³/mol. The highest BCUT2D eigenvalue weighted by Gasteiger charge is 2.24. The SMILES string of the molecule is CCOC(=O)Cc1c[nH]c(C2CC2)c1. The van der Waals surface area contributed by atoms with Gasteiger partial charge in [-0.15, -0.1) is 0 Å².